The number of likely N-dealkylation sites (N-methyl/N-ethyl adjacent to an activating group) is 1. The molecule has 1 heterocycles. The minimum absolute atomic E-state index is 0.0603. The van der Waals surface area contributed by atoms with Crippen LogP contribution in [0.4, 0.5) is 5.69 Å². The Balaban J connectivity index is 1.78. The summed E-state index contributed by atoms with van der Waals surface area (Å²) in [5, 5.41) is 3.12. The fourth-order valence-electron chi connectivity index (χ4n) is 2.15. The van der Waals surface area contributed by atoms with Gasteiger partial charge in [-0.25, -0.2) is 0 Å². The van der Waals surface area contributed by atoms with Gasteiger partial charge in [0.25, 0.3) is 5.91 Å². The molecule has 0 aliphatic carbocycles. The molecule has 3 amide bonds. The van der Waals surface area contributed by atoms with Crippen LogP contribution in [0.5, 0.6) is 5.75 Å². The van der Waals surface area contributed by atoms with E-state index in [0.717, 1.165) is 0 Å². The fourth-order valence-corrected chi connectivity index (χ4v) is 2.32. The molecule has 1 aromatic heterocycles. The first-order valence-corrected chi connectivity index (χ1v) is 8.21. The third-order valence-corrected chi connectivity index (χ3v) is 3.56. The summed E-state index contributed by atoms with van der Waals surface area (Å²) >= 11 is 5.92. The normalized spacial score (nSPS) is 10.4. The molecule has 0 fully saturated rings. The number of furan rings is 1. The van der Waals surface area contributed by atoms with E-state index in [1.807, 2.05) is 0 Å². The van der Waals surface area contributed by atoms with Gasteiger partial charge in [0.2, 0.25) is 5.91 Å². The SMILES string of the molecule is COc1ccc(Cl)cc1NC(=O)CN(C)CC(=O)NNC(=O)c1ccco1. The predicted octanol–water partition coefficient (Wildman–Crippen LogP) is 1.27. The van der Waals surface area contributed by atoms with Gasteiger partial charge in [0.1, 0.15) is 5.75 Å². The molecule has 0 aliphatic heterocycles. The summed E-state index contributed by atoms with van der Waals surface area (Å²) in [6.45, 7) is -0.173. The lowest BCUT2D eigenvalue weighted by atomic mass is 10.3. The zero-order valence-corrected chi connectivity index (χ0v) is 15.5. The standard InChI is InChI=1S/C17H19ClN4O5/c1-22(10-16(24)20-21-17(25)14-4-3-7-27-14)9-15(23)19-12-8-11(18)5-6-13(12)26-2/h3-8H,9-10H2,1-2H3,(H,19,23)(H,20,24)(H,21,25). The number of ether oxygens (including phenoxy) is 1. The molecule has 1 aromatic carbocycles. The van der Waals surface area contributed by atoms with Crippen LogP contribution in [0.2, 0.25) is 5.02 Å². The van der Waals surface area contributed by atoms with Crippen molar-refractivity contribution in [2.45, 2.75) is 0 Å². The molecule has 2 rings (SSSR count). The molecule has 0 atom stereocenters. The third kappa shape index (κ3) is 6.32. The van der Waals surface area contributed by atoms with Crippen LogP contribution in [0.1, 0.15) is 10.6 Å². The van der Waals surface area contributed by atoms with E-state index in [9.17, 15) is 14.4 Å². The number of nitrogens with zero attached hydrogens (tertiary/aromatic N) is 1. The molecular formula is C17H19ClN4O5. The number of hydrogen-bond donors (Lipinski definition) is 3. The Morgan fingerprint density at radius 1 is 1.15 bits per heavy atom. The van der Waals surface area contributed by atoms with Gasteiger partial charge in [-0.05, 0) is 37.4 Å². The van der Waals surface area contributed by atoms with Crippen LogP contribution < -0.4 is 20.9 Å². The zero-order chi connectivity index (χ0) is 19.8. The van der Waals surface area contributed by atoms with Gasteiger partial charge < -0.3 is 14.5 Å². The fraction of sp³-hybridized carbons (Fsp3) is 0.235. The van der Waals surface area contributed by atoms with Crippen LogP contribution in [-0.4, -0.2) is 49.9 Å². The average Bonchev–Trinajstić information content (AvgIpc) is 3.14. The molecule has 0 unspecified atom stereocenters. The lowest BCUT2D eigenvalue weighted by Gasteiger charge is -2.17. The number of benzene rings is 1. The average molecular weight is 395 g/mol. The van der Waals surface area contributed by atoms with Gasteiger partial charge in [0.15, 0.2) is 5.76 Å². The molecule has 0 saturated carbocycles. The summed E-state index contributed by atoms with van der Waals surface area (Å²) in [5.41, 5.74) is 4.88. The van der Waals surface area contributed by atoms with Gasteiger partial charge in [-0.1, -0.05) is 11.6 Å². The Labute approximate surface area is 160 Å². The summed E-state index contributed by atoms with van der Waals surface area (Å²) < 4.78 is 10.1. The maximum Gasteiger partial charge on any atom is 0.305 e. The number of carbonyl (C=O) groups is 3. The maximum absolute atomic E-state index is 12.1. The van der Waals surface area contributed by atoms with Crippen LogP contribution in [0, 0.1) is 0 Å². The van der Waals surface area contributed by atoms with Crippen molar-refractivity contribution in [2.75, 3.05) is 32.6 Å². The molecule has 27 heavy (non-hydrogen) atoms. The quantitative estimate of drug-likeness (QED) is 0.609. The first-order chi connectivity index (χ1) is 12.9. The van der Waals surface area contributed by atoms with Crippen LogP contribution >= 0.6 is 11.6 Å². The van der Waals surface area contributed by atoms with Gasteiger partial charge in [-0.15, -0.1) is 0 Å². The van der Waals surface area contributed by atoms with Gasteiger partial charge >= 0.3 is 5.91 Å². The number of nitrogens with one attached hydrogen (secondary N) is 3. The molecule has 0 saturated heterocycles. The third-order valence-electron chi connectivity index (χ3n) is 3.32. The number of amides is 3. The second kappa shape index (κ2) is 9.60. The number of rotatable bonds is 7. The molecule has 0 radical (unpaired) electrons. The number of carbonyl (C=O) groups excluding carboxylic acids is 3. The lowest BCUT2D eigenvalue weighted by molar-refractivity contribution is -0.123. The molecule has 0 spiro atoms. The molecule has 2 aromatic rings. The largest absolute Gasteiger partial charge is 0.495 e. The van der Waals surface area contributed by atoms with Crippen LogP contribution in [0.25, 0.3) is 0 Å². The van der Waals surface area contributed by atoms with Gasteiger partial charge in [0, 0.05) is 5.02 Å². The highest BCUT2D eigenvalue weighted by Gasteiger charge is 2.14. The predicted molar refractivity (Wildman–Crippen MR) is 98.4 cm³/mol. The molecular weight excluding hydrogens is 376 g/mol. The van der Waals surface area contributed by atoms with E-state index in [0.29, 0.717) is 16.5 Å². The Kier molecular flexibility index (Phi) is 7.21. The van der Waals surface area contributed by atoms with Gasteiger partial charge in [-0.3, -0.25) is 30.1 Å². The summed E-state index contributed by atoms with van der Waals surface area (Å²) in [7, 11) is 3.06. The van der Waals surface area contributed by atoms with Crippen molar-refractivity contribution in [2.24, 2.45) is 0 Å². The van der Waals surface area contributed by atoms with Crippen molar-refractivity contribution in [3.05, 3.63) is 47.4 Å². The van der Waals surface area contributed by atoms with E-state index >= 15 is 0 Å². The van der Waals surface area contributed by atoms with E-state index < -0.39 is 11.8 Å². The van der Waals surface area contributed by atoms with E-state index in [4.69, 9.17) is 20.8 Å². The summed E-state index contributed by atoms with van der Waals surface area (Å²) in [4.78, 5) is 37.1. The Hall–Kier alpha value is -3.04. The molecule has 9 nitrogen and oxygen atoms in total. The smallest absolute Gasteiger partial charge is 0.305 e. The molecule has 0 bridgehead atoms. The van der Waals surface area contributed by atoms with Crippen LogP contribution in [0.15, 0.2) is 41.0 Å². The van der Waals surface area contributed by atoms with E-state index in [1.54, 1.807) is 31.3 Å². The minimum Gasteiger partial charge on any atom is -0.495 e. The number of hydrazine groups is 1. The Morgan fingerprint density at radius 2 is 1.89 bits per heavy atom. The zero-order valence-electron chi connectivity index (χ0n) is 14.7. The van der Waals surface area contributed by atoms with Gasteiger partial charge in [0.05, 0.1) is 32.1 Å². The number of halogens is 1. The van der Waals surface area contributed by atoms with Crippen molar-refractivity contribution in [3.8, 4) is 5.75 Å². The first-order valence-electron chi connectivity index (χ1n) is 7.83. The Bertz CT molecular complexity index is 810. The lowest BCUT2D eigenvalue weighted by Crippen LogP contribution is -2.46. The van der Waals surface area contributed by atoms with Crippen molar-refractivity contribution >= 4 is 35.0 Å². The summed E-state index contributed by atoms with van der Waals surface area (Å²) in [6, 6.07) is 7.86. The number of methoxy groups -OCH3 is 1. The van der Waals surface area contributed by atoms with Gasteiger partial charge in [-0.2, -0.15) is 0 Å². The van der Waals surface area contributed by atoms with E-state index in [1.165, 1.54) is 24.3 Å². The highest BCUT2D eigenvalue weighted by molar-refractivity contribution is 6.31. The molecule has 3 N–H and O–H groups in total. The highest BCUT2D eigenvalue weighted by atomic mass is 35.5. The number of hydrogen-bond acceptors (Lipinski definition) is 6. The second-order valence-corrected chi connectivity index (χ2v) is 5.98. The first kappa shape index (κ1) is 20.3. The van der Waals surface area contributed by atoms with Crippen molar-refractivity contribution in [1.29, 1.82) is 0 Å². The van der Waals surface area contributed by atoms with Crippen LogP contribution in [0.3, 0.4) is 0 Å². The highest BCUT2D eigenvalue weighted by Crippen LogP contribution is 2.27. The molecule has 144 valence electrons. The summed E-state index contributed by atoms with van der Waals surface area (Å²) in [5.74, 6) is -0.898. The summed E-state index contributed by atoms with van der Waals surface area (Å²) in [6.07, 6.45) is 1.35. The van der Waals surface area contributed by atoms with E-state index in [2.05, 4.69) is 16.2 Å². The topological polar surface area (TPSA) is 113 Å². The second-order valence-electron chi connectivity index (χ2n) is 5.54. The molecule has 0 aliphatic rings. The monoisotopic (exact) mass is 394 g/mol. The maximum atomic E-state index is 12.1. The number of anilines is 1. The van der Waals surface area contributed by atoms with Crippen molar-refractivity contribution < 1.29 is 23.5 Å². The minimum atomic E-state index is -0.582. The Morgan fingerprint density at radius 3 is 2.56 bits per heavy atom. The molecule has 10 heteroatoms. The van der Waals surface area contributed by atoms with Crippen LogP contribution in [-0.2, 0) is 9.59 Å². The van der Waals surface area contributed by atoms with Crippen molar-refractivity contribution in [3.63, 3.8) is 0 Å². The van der Waals surface area contributed by atoms with E-state index in [-0.39, 0.29) is 24.8 Å². The van der Waals surface area contributed by atoms with Crippen molar-refractivity contribution in [1.82, 2.24) is 15.8 Å².